The van der Waals surface area contributed by atoms with Gasteiger partial charge >= 0.3 is 0 Å². The van der Waals surface area contributed by atoms with Crippen LogP contribution in [-0.2, 0) is 24.0 Å². The summed E-state index contributed by atoms with van der Waals surface area (Å²) in [6, 6.07) is 0. The van der Waals surface area contributed by atoms with E-state index in [2.05, 4.69) is 25.4 Å². The molecule has 0 saturated carbocycles. The molecule has 17 nitrogen and oxygen atoms in total. The molecule has 0 radical (unpaired) electrons. The predicted molar refractivity (Wildman–Crippen MR) is 138 cm³/mol. The van der Waals surface area contributed by atoms with Crippen molar-refractivity contribution in [3.8, 4) is 0 Å². The van der Waals surface area contributed by atoms with Gasteiger partial charge in [-0.2, -0.15) is 0 Å². The molecule has 0 atom stereocenters. The highest BCUT2D eigenvalue weighted by Gasteiger charge is 2.24. The van der Waals surface area contributed by atoms with Crippen molar-refractivity contribution in [2.45, 2.75) is 26.2 Å². The van der Waals surface area contributed by atoms with Crippen molar-refractivity contribution >= 4 is 29.5 Å². The lowest BCUT2D eigenvalue weighted by Crippen LogP contribution is -2.49. The lowest BCUT2D eigenvalue weighted by Gasteiger charge is -2.28. The largest absolute Gasteiger partial charge is 0.368 e. The van der Waals surface area contributed by atoms with Crippen LogP contribution in [0.4, 0.5) is 0 Å². The highest BCUT2D eigenvalue weighted by molar-refractivity contribution is 5.91. The first-order valence-electron chi connectivity index (χ1n) is 12.1. The van der Waals surface area contributed by atoms with Crippen molar-refractivity contribution in [3.05, 3.63) is 20.9 Å². The van der Waals surface area contributed by atoms with E-state index in [-0.39, 0.29) is 64.8 Å². The molecule has 0 heterocycles. The molecule has 0 aromatic carbocycles. The van der Waals surface area contributed by atoms with Gasteiger partial charge in [-0.25, -0.2) is 0 Å². The number of likely N-dealkylation sites (N-methyl/N-ethyl adjacent to an activating group) is 2. The lowest BCUT2D eigenvalue weighted by molar-refractivity contribution is -0.145. The molecule has 0 aromatic heterocycles. The maximum Gasteiger partial charge on any atom is 0.242 e. The summed E-state index contributed by atoms with van der Waals surface area (Å²) in [4.78, 5) is 72.1. The molecule has 0 spiro atoms. The van der Waals surface area contributed by atoms with Crippen molar-refractivity contribution in [2.75, 3.05) is 79.5 Å². The van der Waals surface area contributed by atoms with Crippen molar-refractivity contribution < 1.29 is 24.0 Å². The second-order valence-electron chi connectivity index (χ2n) is 8.39. The zero-order chi connectivity index (χ0) is 28.9. The smallest absolute Gasteiger partial charge is 0.242 e. The van der Waals surface area contributed by atoms with Crippen molar-refractivity contribution in [2.24, 2.45) is 16.0 Å². The first-order valence-corrected chi connectivity index (χ1v) is 12.1. The first-order chi connectivity index (χ1) is 18.1. The van der Waals surface area contributed by atoms with Crippen molar-refractivity contribution in [1.29, 1.82) is 0 Å². The van der Waals surface area contributed by atoms with Crippen LogP contribution in [0, 0.1) is 0 Å². The molecule has 0 aliphatic carbocycles. The number of carbonyl (C=O) groups excluding carboxylic acids is 5. The van der Waals surface area contributed by atoms with Crippen LogP contribution in [0.3, 0.4) is 0 Å². The molecule has 0 aromatic rings. The number of rotatable bonds is 20. The topological polar surface area (TPSA) is 234 Å². The summed E-state index contributed by atoms with van der Waals surface area (Å²) in [5.41, 5.74) is 22.1. The minimum absolute atomic E-state index is 0.0724. The van der Waals surface area contributed by atoms with Gasteiger partial charge in [0, 0.05) is 50.1 Å². The Morgan fingerprint density at radius 2 is 1.24 bits per heavy atom. The van der Waals surface area contributed by atoms with E-state index in [1.54, 1.807) is 0 Å². The molecular weight excluding hydrogens is 500 g/mol. The third-order valence-electron chi connectivity index (χ3n) is 5.18. The molecular formula is C21H38N12O5. The lowest BCUT2D eigenvalue weighted by atomic mass is 10.3. The van der Waals surface area contributed by atoms with Gasteiger partial charge in [0.1, 0.15) is 0 Å². The summed E-state index contributed by atoms with van der Waals surface area (Å²) in [5, 5.41) is 9.77. The van der Waals surface area contributed by atoms with E-state index in [0.717, 1.165) is 16.2 Å². The van der Waals surface area contributed by atoms with E-state index in [1.807, 2.05) is 6.92 Å². The van der Waals surface area contributed by atoms with Gasteiger partial charge in [-0.05, 0) is 36.9 Å². The number of primary amides is 1. The van der Waals surface area contributed by atoms with Crippen LogP contribution in [0.2, 0.25) is 0 Å². The van der Waals surface area contributed by atoms with Gasteiger partial charge in [-0.15, -0.1) is 0 Å². The van der Waals surface area contributed by atoms with E-state index in [4.69, 9.17) is 16.8 Å². The number of carbonyl (C=O) groups is 5. The van der Waals surface area contributed by atoms with E-state index < -0.39 is 23.6 Å². The van der Waals surface area contributed by atoms with Gasteiger partial charge in [0.25, 0.3) is 0 Å². The van der Waals surface area contributed by atoms with Crippen molar-refractivity contribution in [3.63, 3.8) is 0 Å². The van der Waals surface area contributed by atoms with Crippen LogP contribution in [0.5, 0.6) is 0 Å². The Bertz CT molecular complexity index is 901. The van der Waals surface area contributed by atoms with E-state index in [0.29, 0.717) is 19.4 Å². The quantitative estimate of drug-likeness (QED) is 0.0891. The maximum absolute atomic E-state index is 12.9. The molecule has 0 rings (SSSR count). The molecule has 0 saturated heterocycles. The third kappa shape index (κ3) is 15.1. The predicted octanol–water partition coefficient (Wildman–Crippen LogP) is -0.554. The normalized spacial score (nSPS) is 9.97. The maximum atomic E-state index is 12.9. The number of nitrogens with two attached hydrogens (primary N) is 1. The standard InChI is InChI=1S/C21H38N12O5/c1-4-7-25-12-18(35)30(2)14-21(38)33(11-6-9-27-29-24)16-19(36)31(3)15-20(37)32(13-17(22)34)10-5-8-26-28-23/h25H,4-16H2,1-3H3,(H2,22,34). The van der Waals surface area contributed by atoms with Crippen LogP contribution >= 0.6 is 0 Å². The number of amides is 5. The third-order valence-corrected chi connectivity index (χ3v) is 5.18. The minimum Gasteiger partial charge on any atom is -0.368 e. The van der Waals surface area contributed by atoms with Crippen LogP contribution in [0.15, 0.2) is 10.2 Å². The molecule has 38 heavy (non-hydrogen) atoms. The number of hydrogen-bond donors (Lipinski definition) is 2. The summed E-state index contributed by atoms with van der Waals surface area (Å²) in [6.45, 7) is 1.72. The van der Waals surface area contributed by atoms with Crippen LogP contribution in [0.1, 0.15) is 26.2 Å². The molecule has 0 unspecified atom stereocenters. The Balaban J connectivity index is 5.24. The van der Waals surface area contributed by atoms with Crippen LogP contribution in [-0.4, -0.2) is 129 Å². The molecule has 0 bridgehead atoms. The minimum atomic E-state index is -0.739. The van der Waals surface area contributed by atoms with Gasteiger partial charge in [-0.3, -0.25) is 24.0 Å². The summed E-state index contributed by atoms with van der Waals surface area (Å²) < 4.78 is 0. The summed E-state index contributed by atoms with van der Waals surface area (Å²) in [6.07, 6.45) is 1.44. The number of nitrogens with zero attached hydrogens (tertiary/aromatic N) is 10. The fraction of sp³-hybridized carbons (Fsp3) is 0.762. The summed E-state index contributed by atoms with van der Waals surface area (Å²) in [5.74, 6) is -2.62. The summed E-state index contributed by atoms with van der Waals surface area (Å²) in [7, 11) is 2.86. The molecule has 0 aliphatic rings. The van der Waals surface area contributed by atoms with Crippen LogP contribution in [0.25, 0.3) is 20.9 Å². The molecule has 5 amide bonds. The monoisotopic (exact) mass is 538 g/mol. The van der Waals surface area contributed by atoms with Gasteiger partial charge < -0.3 is 30.7 Å². The van der Waals surface area contributed by atoms with E-state index in [9.17, 15) is 24.0 Å². The highest BCUT2D eigenvalue weighted by atomic mass is 16.2. The average Bonchev–Trinajstić information content (AvgIpc) is 2.87. The Kier molecular flexibility index (Phi) is 17.9. The molecule has 17 heteroatoms. The molecule has 0 fully saturated rings. The number of hydrogen-bond acceptors (Lipinski definition) is 8. The van der Waals surface area contributed by atoms with Gasteiger partial charge in [0.2, 0.25) is 29.5 Å². The zero-order valence-electron chi connectivity index (χ0n) is 22.3. The highest BCUT2D eigenvalue weighted by Crippen LogP contribution is 2.02. The summed E-state index contributed by atoms with van der Waals surface area (Å²) >= 11 is 0. The molecule has 3 N–H and O–H groups in total. The zero-order valence-corrected chi connectivity index (χ0v) is 22.3. The fourth-order valence-electron chi connectivity index (χ4n) is 3.10. The van der Waals surface area contributed by atoms with E-state index in [1.165, 1.54) is 23.9 Å². The van der Waals surface area contributed by atoms with E-state index >= 15 is 0 Å². The Labute approximate surface area is 221 Å². The average molecular weight is 539 g/mol. The number of azide groups is 2. The second kappa shape index (κ2) is 20.0. The Morgan fingerprint density at radius 1 is 0.763 bits per heavy atom. The SMILES string of the molecule is CCCNCC(=O)N(C)CC(=O)N(CCCN=[N+]=[N-])CC(=O)N(C)CC(=O)N(CCCN=[N+]=[N-])CC(N)=O. The second-order valence-corrected chi connectivity index (χ2v) is 8.39. The molecule has 212 valence electrons. The number of nitrogens with one attached hydrogen (secondary N) is 1. The van der Waals surface area contributed by atoms with Crippen molar-refractivity contribution in [1.82, 2.24) is 24.9 Å². The van der Waals surface area contributed by atoms with Gasteiger partial charge in [0.15, 0.2) is 0 Å². The fourth-order valence-corrected chi connectivity index (χ4v) is 3.10. The van der Waals surface area contributed by atoms with Crippen LogP contribution < -0.4 is 11.1 Å². The molecule has 0 aliphatic heterocycles. The Morgan fingerprint density at radius 3 is 1.68 bits per heavy atom. The Hall–Kier alpha value is -4.07. The first kappa shape index (κ1) is 33.9. The van der Waals surface area contributed by atoms with Gasteiger partial charge in [0.05, 0.1) is 32.7 Å². The van der Waals surface area contributed by atoms with Gasteiger partial charge in [-0.1, -0.05) is 17.2 Å².